The first-order valence-electron chi connectivity index (χ1n) is 15.0. The average molecular weight is 540 g/mol. The van der Waals surface area contributed by atoms with Crippen LogP contribution < -0.4 is 5.32 Å². The van der Waals surface area contributed by atoms with Gasteiger partial charge in [-0.05, 0) is 12.0 Å². The minimum Gasteiger partial charge on any atom is -0.447 e. The molecule has 0 radical (unpaired) electrons. The number of nitrogens with one attached hydrogen (secondary N) is 1. The van der Waals surface area contributed by atoms with E-state index in [1.165, 1.54) is 96.3 Å². The molecule has 5 nitrogen and oxygen atoms in total. The molecule has 0 fully saturated rings. The highest BCUT2D eigenvalue weighted by Gasteiger charge is 2.13. The van der Waals surface area contributed by atoms with Gasteiger partial charge in [-0.1, -0.05) is 134 Å². The van der Waals surface area contributed by atoms with Gasteiger partial charge in [0, 0.05) is 19.0 Å². The predicted octanol–water partition coefficient (Wildman–Crippen LogP) is 8.81. The number of hydrogen-bond donors (Lipinski definition) is 1. The topological polar surface area (TPSA) is 56.8 Å². The minimum atomic E-state index is -0.480. The highest BCUT2D eigenvalue weighted by atomic mass is 35.5. The van der Waals surface area contributed by atoms with E-state index in [0.29, 0.717) is 32.2 Å². The van der Waals surface area contributed by atoms with Gasteiger partial charge in [0.1, 0.15) is 12.7 Å². The molecule has 1 rings (SSSR count). The summed E-state index contributed by atoms with van der Waals surface area (Å²) >= 11 is 5.60. The second-order valence-electron chi connectivity index (χ2n) is 10.0. The van der Waals surface area contributed by atoms with Crippen molar-refractivity contribution in [1.29, 1.82) is 0 Å². The molecule has 37 heavy (non-hydrogen) atoms. The maximum atomic E-state index is 11.7. The molecule has 1 N–H and O–H groups in total. The number of ether oxygens (including phenoxy) is 3. The van der Waals surface area contributed by atoms with Crippen LogP contribution in [0.1, 0.15) is 115 Å². The molecular weight excluding hydrogens is 486 g/mol. The van der Waals surface area contributed by atoms with Crippen LogP contribution in [0.15, 0.2) is 30.3 Å². The summed E-state index contributed by atoms with van der Waals surface area (Å²) in [5.41, 5.74) is 1.08. The molecular formula is C31H54ClNO4. The summed E-state index contributed by atoms with van der Waals surface area (Å²) in [6, 6.07) is 9.98. The number of benzene rings is 1. The van der Waals surface area contributed by atoms with Crippen LogP contribution in [0, 0.1) is 0 Å². The maximum absolute atomic E-state index is 11.7. The van der Waals surface area contributed by atoms with Crippen molar-refractivity contribution >= 4 is 17.7 Å². The molecule has 1 atom stereocenters. The van der Waals surface area contributed by atoms with E-state index in [2.05, 4.69) is 12.2 Å². The molecule has 0 spiro atoms. The van der Waals surface area contributed by atoms with Gasteiger partial charge in [-0.25, -0.2) is 4.79 Å². The number of carbonyl (C=O) groups excluding carboxylic acids is 1. The molecule has 0 unspecified atom stereocenters. The van der Waals surface area contributed by atoms with Gasteiger partial charge in [0.2, 0.25) is 0 Å². The zero-order valence-electron chi connectivity index (χ0n) is 23.5. The van der Waals surface area contributed by atoms with E-state index in [1.54, 1.807) is 0 Å². The summed E-state index contributed by atoms with van der Waals surface area (Å²) in [7, 11) is 0. The van der Waals surface area contributed by atoms with Gasteiger partial charge < -0.3 is 19.5 Å². The zero-order chi connectivity index (χ0) is 26.7. The third-order valence-corrected chi connectivity index (χ3v) is 6.73. The standard InChI is InChI=1S/C31H54ClNO4/c1-2-3-4-5-6-7-8-9-10-11-12-13-14-15-16-20-25-35-27-30(28-37-31(34)33-24-23-32)36-26-29-21-18-17-19-22-29/h17-19,21-22,30H,2-16,20,23-28H2,1H3,(H,33,34)/t30-/m1/s1. The van der Waals surface area contributed by atoms with Crippen molar-refractivity contribution in [3.8, 4) is 0 Å². The molecule has 0 heterocycles. The van der Waals surface area contributed by atoms with Gasteiger partial charge in [-0.3, -0.25) is 0 Å². The number of rotatable bonds is 26. The van der Waals surface area contributed by atoms with Crippen LogP contribution in [-0.4, -0.2) is 44.4 Å². The fourth-order valence-corrected chi connectivity index (χ4v) is 4.36. The normalized spacial score (nSPS) is 11.9. The molecule has 0 saturated carbocycles. The summed E-state index contributed by atoms with van der Waals surface area (Å²) in [6.45, 7) is 4.39. The number of amides is 1. The molecule has 0 aliphatic heterocycles. The van der Waals surface area contributed by atoms with E-state index in [0.717, 1.165) is 12.0 Å². The first-order chi connectivity index (χ1) is 18.3. The molecule has 1 amide bonds. The number of hydrogen-bond acceptors (Lipinski definition) is 4. The van der Waals surface area contributed by atoms with E-state index in [4.69, 9.17) is 25.8 Å². The summed E-state index contributed by atoms with van der Waals surface area (Å²) in [4.78, 5) is 11.7. The smallest absolute Gasteiger partial charge is 0.407 e. The lowest BCUT2D eigenvalue weighted by atomic mass is 10.0. The monoisotopic (exact) mass is 539 g/mol. The summed E-state index contributed by atoms with van der Waals surface area (Å²) in [5, 5.41) is 2.60. The van der Waals surface area contributed by atoms with Crippen molar-refractivity contribution in [2.75, 3.05) is 32.2 Å². The molecule has 0 aromatic heterocycles. The minimum absolute atomic E-state index is 0.153. The Morgan fingerprint density at radius 2 is 1.32 bits per heavy atom. The Morgan fingerprint density at radius 3 is 1.86 bits per heavy atom. The maximum Gasteiger partial charge on any atom is 0.407 e. The number of alkyl halides is 1. The Labute approximate surface area is 232 Å². The fourth-order valence-electron chi connectivity index (χ4n) is 4.27. The van der Waals surface area contributed by atoms with Gasteiger partial charge in [0.15, 0.2) is 0 Å². The Balaban J connectivity index is 2.00. The van der Waals surface area contributed by atoms with Crippen LogP contribution in [-0.2, 0) is 20.8 Å². The Bertz CT molecular complexity index is 616. The molecule has 214 valence electrons. The highest BCUT2D eigenvalue weighted by molar-refractivity contribution is 6.18. The van der Waals surface area contributed by atoms with Crippen LogP contribution >= 0.6 is 11.6 Å². The zero-order valence-corrected chi connectivity index (χ0v) is 24.3. The van der Waals surface area contributed by atoms with E-state index < -0.39 is 6.09 Å². The van der Waals surface area contributed by atoms with Crippen molar-refractivity contribution in [2.24, 2.45) is 0 Å². The predicted molar refractivity (Wildman–Crippen MR) is 155 cm³/mol. The Morgan fingerprint density at radius 1 is 0.784 bits per heavy atom. The van der Waals surface area contributed by atoms with Crippen molar-refractivity contribution in [1.82, 2.24) is 5.32 Å². The Hall–Kier alpha value is -1.30. The summed E-state index contributed by atoms with van der Waals surface area (Å²) in [5.74, 6) is 0.353. The number of carbonyl (C=O) groups is 1. The SMILES string of the molecule is CCCCCCCCCCCCCCCCCCOC[C@H](COC(=O)NCCCl)OCc1ccccc1. The van der Waals surface area contributed by atoms with Crippen LogP contribution in [0.25, 0.3) is 0 Å². The number of halogens is 1. The first kappa shape index (κ1) is 33.7. The van der Waals surface area contributed by atoms with Crippen LogP contribution in [0.2, 0.25) is 0 Å². The molecule has 0 bridgehead atoms. The van der Waals surface area contributed by atoms with Crippen LogP contribution in [0.5, 0.6) is 0 Å². The molecule has 0 saturated heterocycles. The van der Waals surface area contributed by atoms with Gasteiger partial charge in [0.05, 0.1) is 13.2 Å². The Kier molecular flexibility index (Phi) is 24.0. The fraction of sp³-hybridized carbons (Fsp3) is 0.774. The largest absolute Gasteiger partial charge is 0.447 e. The summed E-state index contributed by atoms with van der Waals surface area (Å²) < 4.78 is 17.1. The van der Waals surface area contributed by atoms with Crippen molar-refractivity contribution in [3.05, 3.63) is 35.9 Å². The first-order valence-corrected chi connectivity index (χ1v) is 15.5. The molecule has 6 heteroatoms. The molecule has 0 aliphatic rings. The third kappa shape index (κ3) is 22.4. The highest BCUT2D eigenvalue weighted by Crippen LogP contribution is 2.14. The van der Waals surface area contributed by atoms with E-state index in [9.17, 15) is 4.79 Å². The number of alkyl carbamates (subject to hydrolysis) is 1. The second-order valence-corrected chi connectivity index (χ2v) is 10.4. The van der Waals surface area contributed by atoms with Gasteiger partial charge in [0.25, 0.3) is 0 Å². The molecule has 1 aromatic rings. The van der Waals surface area contributed by atoms with Gasteiger partial charge >= 0.3 is 6.09 Å². The lowest BCUT2D eigenvalue weighted by molar-refractivity contribution is -0.0529. The van der Waals surface area contributed by atoms with E-state index in [-0.39, 0.29) is 12.7 Å². The average Bonchev–Trinajstić information content (AvgIpc) is 2.92. The quantitative estimate of drug-likeness (QED) is 0.0943. The molecule has 0 aliphatic carbocycles. The van der Waals surface area contributed by atoms with Crippen LogP contribution in [0.3, 0.4) is 0 Å². The van der Waals surface area contributed by atoms with Crippen molar-refractivity contribution < 1.29 is 19.0 Å². The lowest BCUT2D eigenvalue weighted by Crippen LogP contribution is -2.32. The van der Waals surface area contributed by atoms with Gasteiger partial charge in [-0.15, -0.1) is 11.6 Å². The second kappa shape index (κ2) is 26.3. The summed E-state index contributed by atoms with van der Waals surface area (Å²) in [6.07, 6.45) is 21.0. The van der Waals surface area contributed by atoms with E-state index >= 15 is 0 Å². The van der Waals surface area contributed by atoms with E-state index in [1.807, 2.05) is 30.3 Å². The third-order valence-electron chi connectivity index (χ3n) is 6.54. The van der Waals surface area contributed by atoms with Gasteiger partial charge in [-0.2, -0.15) is 0 Å². The van der Waals surface area contributed by atoms with Crippen molar-refractivity contribution in [2.45, 2.75) is 122 Å². The van der Waals surface area contributed by atoms with Crippen molar-refractivity contribution in [3.63, 3.8) is 0 Å². The number of unbranched alkanes of at least 4 members (excludes halogenated alkanes) is 15. The van der Waals surface area contributed by atoms with Crippen LogP contribution in [0.4, 0.5) is 4.79 Å². The lowest BCUT2D eigenvalue weighted by Gasteiger charge is -2.18. The molecule has 1 aromatic carbocycles.